The minimum atomic E-state index is -4.51. The van der Waals surface area contributed by atoms with Crippen LogP contribution in [-0.2, 0) is 0 Å². The van der Waals surface area contributed by atoms with Crippen LogP contribution >= 0.6 is 0 Å². The summed E-state index contributed by atoms with van der Waals surface area (Å²) in [6.07, 6.45) is -4.72. The lowest BCUT2D eigenvalue weighted by molar-refractivity contribution is -0.208. The molecular weight excluding hydrogens is 257 g/mol. The summed E-state index contributed by atoms with van der Waals surface area (Å²) in [5, 5.41) is 9.19. The quantitative estimate of drug-likeness (QED) is 0.852. The molecule has 2 heterocycles. The lowest BCUT2D eigenvalue weighted by atomic mass is 10.0. The molecule has 6 heteroatoms. The number of nitrogens with zero attached hydrogens (tertiary/aromatic N) is 2. The second-order valence-corrected chi connectivity index (χ2v) is 6.15. The second kappa shape index (κ2) is 5.58. The summed E-state index contributed by atoms with van der Waals surface area (Å²) < 4.78 is 37.2. The molecule has 0 aromatic rings. The molecule has 2 saturated heterocycles. The highest BCUT2D eigenvalue weighted by Gasteiger charge is 2.42. The molecule has 3 unspecified atom stereocenters. The van der Waals surface area contributed by atoms with Crippen molar-refractivity contribution >= 4 is 0 Å². The van der Waals surface area contributed by atoms with Crippen LogP contribution < -0.4 is 0 Å². The number of hydrogen-bond donors (Lipinski definition) is 1. The van der Waals surface area contributed by atoms with Crippen molar-refractivity contribution in [1.29, 1.82) is 0 Å². The Kier molecular flexibility index (Phi) is 4.42. The third kappa shape index (κ3) is 3.61. The first-order valence-corrected chi connectivity index (χ1v) is 7.00. The van der Waals surface area contributed by atoms with E-state index in [1.165, 1.54) is 0 Å². The molecule has 2 fully saturated rings. The molecule has 19 heavy (non-hydrogen) atoms. The van der Waals surface area contributed by atoms with E-state index < -0.39 is 12.3 Å². The van der Waals surface area contributed by atoms with E-state index in [2.05, 4.69) is 18.7 Å². The molecule has 2 aliphatic rings. The van der Waals surface area contributed by atoms with Crippen molar-refractivity contribution in [2.24, 2.45) is 5.92 Å². The number of β-amino-alcohol motifs (C(OH)–C–C–N with tert-alkyl or cyclic N) is 1. The van der Waals surface area contributed by atoms with E-state index in [-0.39, 0.29) is 6.54 Å². The van der Waals surface area contributed by atoms with Crippen LogP contribution in [0, 0.1) is 5.92 Å². The van der Waals surface area contributed by atoms with E-state index in [0.29, 0.717) is 31.1 Å². The molecule has 2 bridgehead atoms. The smallest absolute Gasteiger partial charge is 0.382 e. The number of alkyl halides is 3. The molecule has 112 valence electrons. The number of fused-ring (bicyclic) bond motifs is 2. The van der Waals surface area contributed by atoms with Gasteiger partial charge in [-0.3, -0.25) is 9.80 Å². The molecule has 0 aliphatic carbocycles. The fourth-order valence-corrected chi connectivity index (χ4v) is 3.33. The summed E-state index contributed by atoms with van der Waals surface area (Å²) in [6.45, 7) is 6.34. The topological polar surface area (TPSA) is 26.7 Å². The lowest BCUT2D eigenvalue weighted by Gasteiger charge is -2.34. The third-order valence-corrected chi connectivity index (χ3v) is 4.34. The maximum absolute atomic E-state index is 12.4. The summed E-state index contributed by atoms with van der Waals surface area (Å²) in [7, 11) is 0. The highest BCUT2D eigenvalue weighted by molar-refractivity contribution is 4.92. The van der Waals surface area contributed by atoms with Gasteiger partial charge < -0.3 is 5.11 Å². The van der Waals surface area contributed by atoms with Crippen molar-refractivity contribution in [2.75, 3.05) is 26.2 Å². The van der Waals surface area contributed by atoms with Crippen molar-refractivity contribution in [3.63, 3.8) is 0 Å². The van der Waals surface area contributed by atoms with Gasteiger partial charge in [0.05, 0.1) is 0 Å². The normalized spacial score (nSPS) is 31.7. The second-order valence-electron chi connectivity index (χ2n) is 6.15. The van der Waals surface area contributed by atoms with Crippen LogP contribution in [0.3, 0.4) is 0 Å². The summed E-state index contributed by atoms with van der Waals surface area (Å²) in [5.74, 6) is 0.598. The number of aliphatic hydroxyl groups excluding tert-OH is 1. The fraction of sp³-hybridized carbons (Fsp3) is 1.00. The number of aliphatic hydroxyl groups is 1. The monoisotopic (exact) mass is 280 g/mol. The van der Waals surface area contributed by atoms with E-state index in [4.69, 9.17) is 0 Å². The highest BCUT2D eigenvalue weighted by atomic mass is 19.4. The van der Waals surface area contributed by atoms with E-state index in [1.807, 2.05) is 0 Å². The maximum Gasteiger partial charge on any atom is 0.415 e. The van der Waals surface area contributed by atoms with Crippen LogP contribution in [0.15, 0.2) is 0 Å². The largest absolute Gasteiger partial charge is 0.415 e. The minimum Gasteiger partial charge on any atom is -0.382 e. The van der Waals surface area contributed by atoms with E-state index in [0.717, 1.165) is 19.4 Å². The Balaban J connectivity index is 1.95. The Morgan fingerprint density at radius 3 is 2.53 bits per heavy atom. The molecule has 1 N–H and O–H groups in total. The Morgan fingerprint density at radius 2 is 1.95 bits per heavy atom. The zero-order valence-electron chi connectivity index (χ0n) is 11.5. The number of likely N-dealkylation sites (tertiary alicyclic amines) is 2. The number of hydrogen-bond acceptors (Lipinski definition) is 3. The molecule has 0 aromatic heterocycles. The standard InChI is InChI=1S/C13H23F3N2O/c1-9(2)18-6-10-3-4-17(7-11(18)5-10)8-12(19)13(14,15)16/h9-12,19H,3-8H2,1-2H3. The highest BCUT2D eigenvalue weighted by Crippen LogP contribution is 2.32. The molecule has 0 radical (unpaired) electrons. The van der Waals surface area contributed by atoms with Crippen LogP contribution in [0.4, 0.5) is 13.2 Å². The average Bonchev–Trinajstić information content (AvgIpc) is 2.55. The predicted molar refractivity (Wildman–Crippen MR) is 66.9 cm³/mol. The van der Waals surface area contributed by atoms with Crippen LogP contribution in [0.1, 0.15) is 26.7 Å². The summed E-state index contributed by atoms with van der Waals surface area (Å²) in [5.41, 5.74) is 0. The Labute approximate surface area is 112 Å². The van der Waals surface area contributed by atoms with Crippen LogP contribution in [-0.4, -0.2) is 65.4 Å². The van der Waals surface area contributed by atoms with Crippen LogP contribution in [0.25, 0.3) is 0 Å². The van der Waals surface area contributed by atoms with Gasteiger partial charge in [0, 0.05) is 31.7 Å². The first-order valence-electron chi connectivity index (χ1n) is 7.00. The third-order valence-electron chi connectivity index (χ3n) is 4.34. The van der Waals surface area contributed by atoms with Crippen LogP contribution in [0.5, 0.6) is 0 Å². The van der Waals surface area contributed by atoms with Gasteiger partial charge in [0.2, 0.25) is 0 Å². The predicted octanol–water partition coefficient (Wildman–Crippen LogP) is 1.71. The molecular formula is C13H23F3N2O. The fourth-order valence-electron chi connectivity index (χ4n) is 3.33. The van der Waals surface area contributed by atoms with Gasteiger partial charge in [-0.2, -0.15) is 13.2 Å². The van der Waals surface area contributed by atoms with Crippen molar-refractivity contribution in [3.05, 3.63) is 0 Å². The van der Waals surface area contributed by atoms with E-state index in [1.54, 1.807) is 4.90 Å². The van der Waals surface area contributed by atoms with Gasteiger partial charge in [0.1, 0.15) is 0 Å². The number of rotatable bonds is 3. The van der Waals surface area contributed by atoms with Crippen molar-refractivity contribution < 1.29 is 18.3 Å². The van der Waals surface area contributed by atoms with Gasteiger partial charge in [-0.05, 0) is 39.2 Å². The Bertz CT molecular complexity index is 309. The zero-order chi connectivity index (χ0) is 14.2. The summed E-state index contributed by atoms with van der Waals surface area (Å²) >= 11 is 0. The summed E-state index contributed by atoms with van der Waals surface area (Å²) in [4.78, 5) is 4.16. The minimum absolute atomic E-state index is 0.293. The first kappa shape index (κ1) is 15.1. The van der Waals surface area contributed by atoms with Crippen molar-refractivity contribution in [1.82, 2.24) is 9.80 Å². The molecule has 3 nitrogen and oxygen atoms in total. The molecule has 0 spiro atoms. The molecule has 0 amide bonds. The van der Waals surface area contributed by atoms with Crippen molar-refractivity contribution in [2.45, 2.75) is 51.1 Å². The van der Waals surface area contributed by atoms with Gasteiger partial charge in [-0.15, -0.1) is 0 Å². The summed E-state index contributed by atoms with van der Waals surface area (Å²) in [6, 6.07) is 0.774. The van der Waals surface area contributed by atoms with Gasteiger partial charge in [-0.25, -0.2) is 0 Å². The Morgan fingerprint density at radius 1 is 1.26 bits per heavy atom. The van der Waals surface area contributed by atoms with E-state index in [9.17, 15) is 18.3 Å². The van der Waals surface area contributed by atoms with Gasteiger partial charge in [0.15, 0.2) is 6.10 Å². The lowest BCUT2D eigenvalue weighted by Crippen LogP contribution is -2.48. The number of halogens is 3. The van der Waals surface area contributed by atoms with Crippen molar-refractivity contribution in [3.8, 4) is 0 Å². The molecule has 2 aliphatic heterocycles. The van der Waals surface area contributed by atoms with Gasteiger partial charge >= 0.3 is 6.18 Å². The first-order chi connectivity index (χ1) is 8.77. The van der Waals surface area contributed by atoms with Gasteiger partial charge in [0.25, 0.3) is 0 Å². The SMILES string of the molecule is CC(C)N1CC2CCN(CC(O)C(F)(F)F)CC1C2. The maximum atomic E-state index is 12.4. The van der Waals surface area contributed by atoms with E-state index >= 15 is 0 Å². The molecule has 3 atom stereocenters. The molecule has 0 aromatic carbocycles. The zero-order valence-corrected chi connectivity index (χ0v) is 11.5. The van der Waals surface area contributed by atoms with Gasteiger partial charge in [-0.1, -0.05) is 0 Å². The average molecular weight is 280 g/mol. The molecule has 0 saturated carbocycles. The van der Waals surface area contributed by atoms with Crippen LogP contribution in [0.2, 0.25) is 0 Å². The molecule has 2 rings (SSSR count). The Hall–Kier alpha value is -0.330.